The maximum absolute atomic E-state index is 3.51. The highest BCUT2D eigenvalue weighted by Crippen LogP contribution is 2.24. The van der Waals surface area contributed by atoms with E-state index < -0.39 is 0 Å². The maximum Gasteiger partial charge on any atom is 0.0223 e. The minimum absolute atomic E-state index is 0.780. The van der Waals surface area contributed by atoms with Gasteiger partial charge in [-0.25, -0.2) is 0 Å². The van der Waals surface area contributed by atoms with E-state index in [9.17, 15) is 0 Å². The van der Waals surface area contributed by atoms with E-state index in [-0.39, 0.29) is 0 Å². The van der Waals surface area contributed by atoms with Crippen LogP contribution in [0.15, 0.2) is 0 Å². The van der Waals surface area contributed by atoms with Crippen LogP contribution in [0.3, 0.4) is 0 Å². The molecule has 1 saturated heterocycles. The van der Waals surface area contributed by atoms with Gasteiger partial charge in [0.05, 0.1) is 0 Å². The van der Waals surface area contributed by atoms with Crippen molar-refractivity contribution in [2.24, 2.45) is 0 Å². The number of rotatable bonds is 7. The summed E-state index contributed by atoms with van der Waals surface area (Å²) in [5.41, 5.74) is 0. The van der Waals surface area contributed by atoms with Gasteiger partial charge in [0.2, 0.25) is 0 Å². The van der Waals surface area contributed by atoms with Gasteiger partial charge in [-0.2, -0.15) is 0 Å². The van der Waals surface area contributed by atoms with Gasteiger partial charge in [0.25, 0.3) is 0 Å². The molecule has 0 saturated carbocycles. The van der Waals surface area contributed by atoms with Crippen molar-refractivity contribution in [1.29, 1.82) is 0 Å². The summed E-state index contributed by atoms with van der Waals surface area (Å²) in [6.07, 6.45) is 6.81. The molecule has 0 aromatic carbocycles. The quantitative estimate of drug-likeness (QED) is 0.698. The van der Waals surface area contributed by atoms with Crippen LogP contribution in [0.25, 0.3) is 0 Å². The molecular weight excluding hydrogens is 184 g/mol. The number of nitrogens with zero attached hydrogens (tertiary/aromatic N) is 1. The summed E-state index contributed by atoms with van der Waals surface area (Å²) in [6.45, 7) is 10.4. The molecule has 0 aromatic heterocycles. The van der Waals surface area contributed by atoms with Crippen molar-refractivity contribution >= 4 is 0 Å². The zero-order valence-corrected chi connectivity index (χ0v) is 10.8. The van der Waals surface area contributed by atoms with E-state index in [4.69, 9.17) is 0 Å². The fourth-order valence-corrected chi connectivity index (χ4v) is 2.81. The van der Waals surface area contributed by atoms with E-state index in [1.807, 2.05) is 0 Å². The van der Waals surface area contributed by atoms with Crippen LogP contribution in [-0.2, 0) is 0 Å². The van der Waals surface area contributed by atoms with Crippen LogP contribution in [0.2, 0.25) is 0 Å². The molecule has 1 aliphatic heterocycles. The predicted molar refractivity (Wildman–Crippen MR) is 67.3 cm³/mol. The minimum atomic E-state index is 0.780. The van der Waals surface area contributed by atoms with Crippen molar-refractivity contribution < 1.29 is 0 Å². The molecule has 1 aliphatic rings. The lowest BCUT2D eigenvalue weighted by atomic mass is 10.1. The van der Waals surface area contributed by atoms with Gasteiger partial charge in [-0.15, -0.1) is 0 Å². The first-order valence-electron chi connectivity index (χ1n) is 6.79. The Morgan fingerprint density at radius 1 is 1.33 bits per heavy atom. The second-order valence-corrected chi connectivity index (χ2v) is 4.69. The molecule has 0 aliphatic carbocycles. The highest BCUT2D eigenvalue weighted by Gasteiger charge is 2.28. The average Bonchev–Trinajstić information content (AvgIpc) is 2.72. The fraction of sp³-hybridized carbons (Fsp3) is 1.00. The van der Waals surface area contributed by atoms with Gasteiger partial charge < -0.3 is 5.32 Å². The number of hydrogen-bond donors (Lipinski definition) is 1. The Morgan fingerprint density at radius 3 is 2.73 bits per heavy atom. The third-order valence-corrected chi connectivity index (χ3v) is 3.61. The standard InChI is InChI=1S/C13H28N2/c1-4-8-13(11-14-6-3)15-10-7-9-12(15)5-2/h12-14H,4-11H2,1-3H3. The first-order valence-corrected chi connectivity index (χ1v) is 6.79. The van der Waals surface area contributed by atoms with Gasteiger partial charge in [0, 0.05) is 18.6 Å². The third kappa shape index (κ3) is 3.76. The SMILES string of the molecule is CCCC(CNCC)N1CCCC1CC. The lowest BCUT2D eigenvalue weighted by molar-refractivity contribution is 0.163. The average molecular weight is 212 g/mol. The van der Waals surface area contributed by atoms with E-state index in [2.05, 4.69) is 31.0 Å². The zero-order valence-electron chi connectivity index (χ0n) is 10.8. The molecule has 1 N–H and O–H groups in total. The highest BCUT2D eigenvalue weighted by molar-refractivity contribution is 4.84. The lowest BCUT2D eigenvalue weighted by Gasteiger charge is -2.32. The number of nitrogens with one attached hydrogen (secondary N) is 1. The van der Waals surface area contributed by atoms with Crippen LogP contribution in [0.4, 0.5) is 0 Å². The van der Waals surface area contributed by atoms with E-state index in [1.54, 1.807) is 0 Å². The minimum Gasteiger partial charge on any atom is -0.315 e. The van der Waals surface area contributed by atoms with Crippen molar-refractivity contribution in [3.8, 4) is 0 Å². The summed E-state index contributed by atoms with van der Waals surface area (Å²) in [4.78, 5) is 2.76. The summed E-state index contributed by atoms with van der Waals surface area (Å²) >= 11 is 0. The van der Waals surface area contributed by atoms with Crippen molar-refractivity contribution in [2.45, 2.75) is 65.0 Å². The molecule has 0 spiro atoms. The van der Waals surface area contributed by atoms with Crippen LogP contribution in [0.1, 0.15) is 52.9 Å². The van der Waals surface area contributed by atoms with Crippen molar-refractivity contribution in [3.63, 3.8) is 0 Å². The molecule has 1 heterocycles. The largest absolute Gasteiger partial charge is 0.315 e. The van der Waals surface area contributed by atoms with Gasteiger partial charge in [-0.3, -0.25) is 4.90 Å². The van der Waals surface area contributed by atoms with Crippen LogP contribution >= 0.6 is 0 Å². The predicted octanol–water partition coefficient (Wildman–Crippen LogP) is 2.64. The van der Waals surface area contributed by atoms with Gasteiger partial charge in [-0.1, -0.05) is 27.2 Å². The van der Waals surface area contributed by atoms with E-state index in [0.717, 1.165) is 18.6 Å². The molecule has 15 heavy (non-hydrogen) atoms. The molecule has 1 fully saturated rings. The summed E-state index contributed by atoms with van der Waals surface area (Å²) in [5, 5.41) is 3.51. The normalized spacial score (nSPS) is 24.6. The molecule has 2 atom stereocenters. The van der Waals surface area contributed by atoms with E-state index in [0.29, 0.717) is 0 Å². The Labute approximate surface area is 95.4 Å². The number of likely N-dealkylation sites (tertiary alicyclic amines) is 1. The van der Waals surface area contributed by atoms with E-state index in [1.165, 1.54) is 45.2 Å². The lowest BCUT2D eigenvalue weighted by Crippen LogP contribution is -2.44. The second kappa shape index (κ2) is 7.24. The molecule has 90 valence electrons. The Balaban J connectivity index is 2.45. The Morgan fingerprint density at radius 2 is 2.13 bits per heavy atom. The molecule has 0 amide bonds. The Kier molecular flexibility index (Phi) is 6.26. The Bertz CT molecular complexity index is 159. The van der Waals surface area contributed by atoms with Gasteiger partial charge in [-0.05, 0) is 38.8 Å². The fourth-order valence-electron chi connectivity index (χ4n) is 2.81. The molecule has 2 nitrogen and oxygen atoms in total. The number of hydrogen-bond acceptors (Lipinski definition) is 2. The summed E-state index contributed by atoms with van der Waals surface area (Å²) < 4.78 is 0. The zero-order chi connectivity index (χ0) is 11.1. The van der Waals surface area contributed by atoms with Crippen LogP contribution < -0.4 is 5.32 Å². The topological polar surface area (TPSA) is 15.3 Å². The van der Waals surface area contributed by atoms with Crippen LogP contribution in [-0.4, -0.2) is 36.6 Å². The van der Waals surface area contributed by atoms with Gasteiger partial charge in [0.15, 0.2) is 0 Å². The smallest absolute Gasteiger partial charge is 0.0223 e. The third-order valence-electron chi connectivity index (χ3n) is 3.61. The molecule has 0 aromatic rings. The van der Waals surface area contributed by atoms with Crippen molar-refractivity contribution in [1.82, 2.24) is 10.2 Å². The van der Waals surface area contributed by atoms with Gasteiger partial charge in [0.1, 0.15) is 0 Å². The first-order chi connectivity index (χ1) is 7.33. The summed E-state index contributed by atoms with van der Waals surface area (Å²) in [5.74, 6) is 0. The summed E-state index contributed by atoms with van der Waals surface area (Å²) in [7, 11) is 0. The Hall–Kier alpha value is -0.0800. The maximum atomic E-state index is 3.51. The molecule has 1 rings (SSSR count). The molecular formula is C13H28N2. The molecule has 0 bridgehead atoms. The second-order valence-electron chi connectivity index (χ2n) is 4.69. The molecule has 0 radical (unpaired) electrons. The molecule has 2 unspecified atom stereocenters. The van der Waals surface area contributed by atoms with Crippen LogP contribution in [0, 0.1) is 0 Å². The van der Waals surface area contributed by atoms with Gasteiger partial charge >= 0.3 is 0 Å². The summed E-state index contributed by atoms with van der Waals surface area (Å²) in [6, 6.07) is 1.64. The molecule has 2 heteroatoms. The first kappa shape index (κ1) is 13.0. The van der Waals surface area contributed by atoms with Crippen LogP contribution in [0.5, 0.6) is 0 Å². The number of likely N-dealkylation sites (N-methyl/N-ethyl adjacent to an activating group) is 1. The van der Waals surface area contributed by atoms with Crippen molar-refractivity contribution in [3.05, 3.63) is 0 Å². The van der Waals surface area contributed by atoms with E-state index >= 15 is 0 Å². The monoisotopic (exact) mass is 212 g/mol. The van der Waals surface area contributed by atoms with Crippen molar-refractivity contribution in [2.75, 3.05) is 19.6 Å². The highest BCUT2D eigenvalue weighted by atomic mass is 15.2.